The minimum atomic E-state index is -1.66. The Labute approximate surface area is 215 Å². The van der Waals surface area contributed by atoms with Crippen molar-refractivity contribution in [1.29, 1.82) is 0 Å². The van der Waals surface area contributed by atoms with Gasteiger partial charge < -0.3 is 0 Å². The number of nitrogens with one attached hydrogen (secondary N) is 1. The molecule has 3 atom stereocenters. The van der Waals surface area contributed by atoms with E-state index in [0.717, 1.165) is 11.1 Å². The molecule has 1 N–H and O–H groups in total. The van der Waals surface area contributed by atoms with Crippen LogP contribution in [0.25, 0.3) is 0 Å². The summed E-state index contributed by atoms with van der Waals surface area (Å²) >= 11 is 18.5. The molecule has 34 heavy (non-hydrogen) atoms. The van der Waals surface area contributed by atoms with E-state index in [1.54, 1.807) is 54.6 Å². The zero-order chi connectivity index (χ0) is 24.2. The summed E-state index contributed by atoms with van der Waals surface area (Å²) in [5.74, 6) is -0.417. The van der Waals surface area contributed by atoms with Crippen molar-refractivity contribution in [2.45, 2.75) is 23.4 Å². The highest BCUT2D eigenvalue weighted by Crippen LogP contribution is 2.45. The summed E-state index contributed by atoms with van der Waals surface area (Å²) in [6.07, 6.45) is 2.30. The van der Waals surface area contributed by atoms with Gasteiger partial charge in [-0.15, -0.1) is 0 Å². The standard InChI is InChI=1S/C25H21Cl3N2O3S/c1-33-29-25(31)22-13-14-23(16-5-7-18(26)8-6-16)30(24(22)17-3-2-4-20(28)15-17)34(32)21-11-9-19(27)10-12-21/h2-13,15,23-24H,14H2,1H3,(H,29,31). The summed E-state index contributed by atoms with van der Waals surface area (Å²) in [7, 11) is -0.285. The van der Waals surface area contributed by atoms with Gasteiger partial charge >= 0.3 is 0 Å². The predicted octanol–water partition coefficient (Wildman–Crippen LogP) is 6.46. The van der Waals surface area contributed by atoms with Gasteiger partial charge in [0.05, 0.1) is 24.1 Å². The molecule has 0 saturated heterocycles. The van der Waals surface area contributed by atoms with Crippen molar-refractivity contribution in [1.82, 2.24) is 9.79 Å². The van der Waals surface area contributed by atoms with Crippen LogP contribution in [-0.2, 0) is 20.6 Å². The van der Waals surface area contributed by atoms with E-state index in [9.17, 15) is 9.00 Å². The molecule has 0 bridgehead atoms. The Balaban J connectivity index is 1.90. The SMILES string of the molecule is CONC(=O)C1=CCC(c2ccc(Cl)cc2)N(S(=O)c2ccc(Cl)cc2)C1c1cccc(Cl)c1. The average molecular weight is 536 g/mol. The second-order valence-corrected chi connectivity index (χ2v) is 10.3. The monoisotopic (exact) mass is 534 g/mol. The molecule has 0 spiro atoms. The molecule has 5 nitrogen and oxygen atoms in total. The number of nitrogens with zero attached hydrogens (tertiary/aromatic N) is 1. The van der Waals surface area contributed by atoms with Crippen molar-refractivity contribution in [3.63, 3.8) is 0 Å². The number of halogens is 3. The van der Waals surface area contributed by atoms with Crippen LogP contribution < -0.4 is 5.48 Å². The number of carbonyl (C=O) groups is 1. The number of hydrogen-bond acceptors (Lipinski definition) is 3. The van der Waals surface area contributed by atoms with E-state index in [-0.39, 0.29) is 6.04 Å². The Bertz CT molecular complexity index is 1230. The Hall–Kier alpha value is -2.19. The predicted molar refractivity (Wildman–Crippen MR) is 136 cm³/mol. The highest BCUT2D eigenvalue weighted by atomic mass is 35.5. The molecule has 1 heterocycles. The molecule has 0 saturated carbocycles. The Morgan fingerprint density at radius 3 is 2.21 bits per heavy atom. The van der Waals surface area contributed by atoms with Crippen LogP contribution >= 0.6 is 34.8 Å². The van der Waals surface area contributed by atoms with Crippen LogP contribution in [0.1, 0.15) is 29.6 Å². The first-order chi connectivity index (χ1) is 16.4. The summed E-state index contributed by atoms with van der Waals surface area (Å²) in [6, 6.07) is 20.5. The second kappa shape index (κ2) is 11.0. The smallest absolute Gasteiger partial charge is 0.272 e. The van der Waals surface area contributed by atoms with Crippen LogP contribution in [-0.4, -0.2) is 21.5 Å². The van der Waals surface area contributed by atoms with E-state index in [1.807, 2.05) is 28.6 Å². The first-order valence-corrected chi connectivity index (χ1v) is 12.6. The van der Waals surface area contributed by atoms with Gasteiger partial charge in [0.2, 0.25) is 0 Å². The zero-order valence-electron chi connectivity index (χ0n) is 18.1. The lowest BCUT2D eigenvalue weighted by molar-refractivity contribution is -0.128. The van der Waals surface area contributed by atoms with Crippen molar-refractivity contribution >= 4 is 51.7 Å². The van der Waals surface area contributed by atoms with Gasteiger partial charge in [0.25, 0.3) is 5.91 Å². The molecule has 1 amide bonds. The molecular weight excluding hydrogens is 515 g/mol. The van der Waals surface area contributed by atoms with Crippen molar-refractivity contribution in [2.75, 3.05) is 7.11 Å². The number of rotatable bonds is 6. The van der Waals surface area contributed by atoms with Crippen LogP contribution in [0.3, 0.4) is 0 Å². The highest BCUT2D eigenvalue weighted by Gasteiger charge is 2.41. The van der Waals surface area contributed by atoms with E-state index in [4.69, 9.17) is 39.6 Å². The van der Waals surface area contributed by atoms with Gasteiger partial charge in [0.15, 0.2) is 0 Å². The van der Waals surface area contributed by atoms with E-state index >= 15 is 0 Å². The first kappa shape index (κ1) is 24.9. The first-order valence-electron chi connectivity index (χ1n) is 10.4. The molecule has 1 aliphatic rings. The van der Waals surface area contributed by atoms with Gasteiger partial charge in [-0.05, 0) is 66.1 Å². The molecule has 0 radical (unpaired) electrons. The molecule has 1 aliphatic heterocycles. The minimum Gasteiger partial charge on any atom is -0.277 e. The van der Waals surface area contributed by atoms with Crippen LogP contribution in [0.5, 0.6) is 0 Å². The largest absolute Gasteiger partial charge is 0.277 e. The maximum absolute atomic E-state index is 14.1. The summed E-state index contributed by atoms with van der Waals surface area (Å²) < 4.78 is 15.9. The van der Waals surface area contributed by atoms with E-state index < -0.39 is 22.9 Å². The van der Waals surface area contributed by atoms with Crippen molar-refractivity contribution in [3.05, 3.63) is 111 Å². The average Bonchev–Trinajstić information content (AvgIpc) is 2.84. The van der Waals surface area contributed by atoms with Gasteiger partial charge in [-0.25, -0.2) is 14.0 Å². The quantitative estimate of drug-likeness (QED) is 0.368. The fourth-order valence-electron chi connectivity index (χ4n) is 3.99. The Morgan fingerprint density at radius 2 is 1.59 bits per heavy atom. The molecular formula is C25H21Cl3N2O3S. The zero-order valence-corrected chi connectivity index (χ0v) is 21.2. The maximum Gasteiger partial charge on any atom is 0.272 e. The van der Waals surface area contributed by atoms with Gasteiger partial charge in [-0.1, -0.05) is 65.1 Å². The molecule has 3 aromatic rings. The molecule has 176 valence electrons. The highest BCUT2D eigenvalue weighted by molar-refractivity contribution is 7.82. The lowest BCUT2D eigenvalue weighted by Gasteiger charge is -2.41. The number of carbonyl (C=O) groups excluding carboxylic acids is 1. The summed E-state index contributed by atoms with van der Waals surface area (Å²) in [5.41, 5.74) is 4.46. The van der Waals surface area contributed by atoms with E-state index in [2.05, 4.69) is 5.48 Å². The van der Waals surface area contributed by atoms with Crippen LogP contribution in [0.4, 0.5) is 0 Å². The second-order valence-electron chi connectivity index (χ2n) is 7.62. The fourth-order valence-corrected chi connectivity index (χ4v) is 5.92. The van der Waals surface area contributed by atoms with E-state index in [0.29, 0.717) is 32.0 Å². The molecule has 3 unspecified atom stereocenters. The van der Waals surface area contributed by atoms with Gasteiger partial charge in [0.1, 0.15) is 11.0 Å². The van der Waals surface area contributed by atoms with Crippen LogP contribution in [0, 0.1) is 0 Å². The Kier molecular flexibility index (Phi) is 8.09. The fraction of sp³-hybridized carbons (Fsp3) is 0.160. The maximum atomic E-state index is 14.1. The molecule has 0 aromatic heterocycles. The van der Waals surface area contributed by atoms with Gasteiger partial charge in [-0.2, -0.15) is 0 Å². The summed E-state index contributed by atoms with van der Waals surface area (Å²) in [4.78, 5) is 18.5. The minimum absolute atomic E-state index is 0.308. The number of benzene rings is 3. The normalized spacial score (nSPS) is 19.4. The number of hydroxylamine groups is 1. The molecule has 9 heteroatoms. The summed E-state index contributed by atoms with van der Waals surface area (Å²) in [6.45, 7) is 0. The van der Waals surface area contributed by atoms with E-state index in [1.165, 1.54) is 7.11 Å². The number of hydrogen-bond donors (Lipinski definition) is 1. The molecule has 3 aromatic carbocycles. The summed E-state index contributed by atoms with van der Waals surface area (Å²) in [5, 5.41) is 1.65. The van der Waals surface area contributed by atoms with Crippen LogP contribution in [0.15, 0.2) is 89.3 Å². The van der Waals surface area contributed by atoms with Crippen molar-refractivity contribution in [2.24, 2.45) is 0 Å². The number of amides is 1. The van der Waals surface area contributed by atoms with Gasteiger partial charge in [0, 0.05) is 20.6 Å². The lowest BCUT2D eigenvalue weighted by atomic mass is 9.89. The molecule has 4 rings (SSSR count). The van der Waals surface area contributed by atoms with Crippen molar-refractivity contribution in [3.8, 4) is 0 Å². The Morgan fingerprint density at radius 1 is 0.941 bits per heavy atom. The third-order valence-corrected chi connectivity index (χ3v) is 7.76. The molecule has 0 aliphatic carbocycles. The topological polar surface area (TPSA) is 58.6 Å². The van der Waals surface area contributed by atoms with Gasteiger partial charge in [-0.3, -0.25) is 9.63 Å². The molecule has 0 fully saturated rings. The third-order valence-electron chi connectivity index (χ3n) is 5.50. The lowest BCUT2D eigenvalue weighted by Crippen LogP contribution is -2.41. The third kappa shape index (κ3) is 5.38. The van der Waals surface area contributed by atoms with Crippen molar-refractivity contribution < 1.29 is 13.8 Å². The van der Waals surface area contributed by atoms with Crippen LogP contribution in [0.2, 0.25) is 15.1 Å².